The zero-order chi connectivity index (χ0) is 18.5. The molecule has 7 heteroatoms. The van der Waals surface area contributed by atoms with Crippen molar-refractivity contribution in [3.05, 3.63) is 47.5 Å². The van der Waals surface area contributed by atoms with E-state index in [2.05, 4.69) is 10.2 Å². The van der Waals surface area contributed by atoms with Gasteiger partial charge in [0.25, 0.3) is 0 Å². The van der Waals surface area contributed by atoms with Crippen molar-refractivity contribution in [2.75, 3.05) is 50.6 Å². The second kappa shape index (κ2) is 8.19. The number of urea groups is 1. The van der Waals surface area contributed by atoms with Crippen molar-refractivity contribution in [3.63, 3.8) is 0 Å². The van der Waals surface area contributed by atoms with Crippen molar-refractivity contribution in [3.8, 4) is 11.5 Å². The molecule has 0 saturated carbocycles. The fourth-order valence-corrected chi connectivity index (χ4v) is 3.18. The molecule has 26 heavy (non-hydrogen) atoms. The molecule has 1 heterocycles. The summed E-state index contributed by atoms with van der Waals surface area (Å²) in [5.41, 5.74) is 1.62. The van der Waals surface area contributed by atoms with Gasteiger partial charge in [-0.1, -0.05) is 23.7 Å². The number of carbonyl (C=O) groups is 1. The highest BCUT2D eigenvalue weighted by atomic mass is 35.5. The summed E-state index contributed by atoms with van der Waals surface area (Å²) < 4.78 is 10.5. The maximum atomic E-state index is 12.5. The predicted octanol–water partition coefficient (Wildman–Crippen LogP) is 3.71. The van der Waals surface area contributed by atoms with Crippen LogP contribution in [-0.4, -0.2) is 51.3 Å². The Balaban J connectivity index is 1.60. The first-order valence-corrected chi connectivity index (χ1v) is 8.77. The largest absolute Gasteiger partial charge is 0.497 e. The summed E-state index contributed by atoms with van der Waals surface area (Å²) in [6, 6.07) is 12.9. The Morgan fingerprint density at radius 3 is 2.42 bits per heavy atom. The third kappa shape index (κ3) is 3.96. The average molecular weight is 376 g/mol. The van der Waals surface area contributed by atoms with E-state index >= 15 is 0 Å². The fraction of sp³-hybridized carbons (Fsp3) is 0.316. The van der Waals surface area contributed by atoms with E-state index in [9.17, 15) is 4.79 Å². The lowest BCUT2D eigenvalue weighted by Crippen LogP contribution is -2.50. The highest BCUT2D eigenvalue weighted by Crippen LogP contribution is 2.29. The number of amides is 2. The molecule has 1 aliphatic heterocycles. The standard InChI is InChI=1S/C19H22ClN3O3/c1-25-14-7-8-16(15(20)13-14)21-19(24)23-11-9-22(10-12-23)17-5-3-4-6-18(17)26-2/h3-8,13H,9-12H2,1-2H3,(H,21,24). The molecule has 0 atom stereocenters. The van der Waals surface area contributed by atoms with Crippen molar-refractivity contribution < 1.29 is 14.3 Å². The van der Waals surface area contributed by atoms with E-state index in [1.54, 1.807) is 37.3 Å². The molecular weight excluding hydrogens is 354 g/mol. The lowest BCUT2D eigenvalue weighted by atomic mass is 10.2. The molecule has 1 aliphatic rings. The third-order valence-electron chi connectivity index (χ3n) is 4.41. The van der Waals surface area contributed by atoms with E-state index in [0.29, 0.717) is 29.5 Å². The van der Waals surface area contributed by atoms with Crippen molar-refractivity contribution in [2.45, 2.75) is 0 Å². The molecule has 2 aromatic carbocycles. The molecule has 138 valence electrons. The van der Waals surface area contributed by atoms with Gasteiger partial charge in [0.2, 0.25) is 0 Å². The molecule has 0 aliphatic carbocycles. The maximum absolute atomic E-state index is 12.5. The smallest absolute Gasteiger partial charge is 0.322 e. The second-order valence-electron chi connectivity index (χ2n) is 5.92. The normalized spacial score (nSPS) is 14.1. The highest BCUT2D eigenvalue weighted by Gasteiger charge is 2.23. The summed E-state index contributed by atoms with van der Waals surface area (Å²) >= 11 is 6.19. The van der Waals surface area contributed by atoms with E-state index in [1.807, 2.05) is 24.3 Å². The third-order valence-corrected chi connectivity index (χ3v) is 4.72. The minimum Gasteiger partial charge on any atom is -0.497 e. The summed E-state index contributed by atoms with van der Waals surface area (Å²) in [6.45, 7) is 2.73. The molecule has 3 rings (SSSR count). The van der Waals surface area contributed by atoms with Crippen LogP contribution >= 0.6 is 11.6 Å². The number of carbonyl (C=O) groups excluding carboxylic acids is 1. The van der Waals surface area contributed by atoms with Gasteiger partial charge in [-0.05, 0) is 24.3 Å². The van der Waals surface area contributed by atoms with Gasteiger partial charge in [-0.25, -0.2) is 4.79 Å². The Bertz CT molecular complexity index is 776. The van der Waals surface area contributed by atoms with E-state index in [4.69, 9.17) is 21.1 Å². The molecule has 1 N–H and O–H groups in total. The quantitative estimate of drug-likeness (QED) is 0.885. The maximum Gasteiger partial charge on any atom is 0.322 e. The molecule has 0 radical (unpaired) electrons. The van der Waals surface area contributed by atoms with E-state index in [1.165, 1.54) is 0 Å². The van der Waals surface area contributed by atoms with Gasteiger partial charge in [0.05, 0.1) is 30.6 Å². The van der Waals surface area contributed by atoms with E-state index in [-0.39, 0.29) is 6.03 Å². The lowest BCUT2D eigenvalue weighted by Gasteiger charge is -2.36. The number of halogens is 1. The monoisotopic (exact) mass is 375 g/mol. The molecular formula is C19H22ClN3O3. The zero-order valence-electron chi connectivity index (χ0n) is 14.9. The van der Waals surface area contributed by atoms with Crippen LogP contribution in [0, 0.1) is 0 Å². The number of hydrogen-bond donors (Lipinski definition) is 1. The van der Waals surface area contributed by atoms with Crippen molar-refractivity contribution >= 4 is 29.0 Å². The van der Waals surface area contributed by atoms with Gasteiger partial charge in [0.15, 0.2) is 0 Å². The first-order valence-electron chi connectivity index (χ1n) is 8.40. The molecule has 0 spiro atoms. The van der Waals surface area contributed by atoms with Crippen LogP contribution in [0.5, 0.6) is 11.5 Å². The first-order chi connectivity index (χ1) is 12.6. The highest BCUT2D eigenvalue weighted by molar-refractivity contribution is 6.33. The molecule has 0 bridgehead atoms. The molecule has 0 aromatic heterocycles. The van der Waals surface area contributed by atoms with Crippen molar-refractivity contribution in [1.29, 1.82) is 0 Å². The summed E-state index contributed by atoms with van der Waals surface area (Å²) in [5, 5.41) is 3.31. The number of piperazine rings is 1. The van der Waals surface area contributed by atoms with Gasteiger partial charge < -0.3 is 24.6 Å². The van der Waals surface area contributed by atoms with Crippen LogP contribution in [0.2, 0.25) is 5.02 Å². The van der Waals surface area contributed by atoms with Gasteiger partial charge in [-0.15, -0.1) is 0 Å². The Hall–Kier alpha value is -2.60. The number of benzene rings is 2. The number of hydrogen-bond acceptors (Lipinski definition) is 4. The second-order valence-corrected chi connectivity index (χ2v) is 6.33. The molecule has 0 unspecified atom stereocenters. The van der Waals surface area contributed by atoms with Gasteiger partial charge >= 0.3 is 6.03 Å². The van der Waals surface area contributed by atoms with Crippen LogP contribution in [-0.2, 0) is 0 Å². The number of nitrogens with one attached hydrogen (secondary N) is 1. The fourth-order valence-electron chi connectivity index (χ4n) is 2.96. The van der Waals surface area contributed by atoms with Crippen LogP contribution in [0.4, 0.5) is 16.2 Å². The predicted molar refractivity (Wildman–Crippen MR) is 104 cm³/mol. The van der Waals surface area contributed by atoms with Crippen LogP contribution in [0.25, 0.3) is 0 Å². The van der Waals surface area contributed by atoms with Crippen molar-refractivity contribution in [2.24, 2.45) is 0 Å². The molecule has 6 nitrogen and oxygen atoms in total. The van der Waals surface area contributed by atoms with Crippen LogP contribution in [0.3, 0.4) is 0 Å². The number of anilines is 2. The summed E-state index contributed by atoms with van der Waals surface area (Å²) in [4.78, 5) is 16.5. The molecule has 2 amide bonds. The van der Waals surface area contributed by atoms with E-state index in [0.717, 1.165) is 24.5 Å². The van der Waals surface area contributed by atoms with Gasteiger partial charge in [0.1, 0.15) is 11.5 Å². The Morgan fingerprint density at radius 2 is 1.77 bits per heavy atom. The van der Waals surface area contributed by atoms with Crippen LogP contribution in [0.1, 0.15) is 0 Å². The van der Waals surface area contributed by atoms with Gasteiger partial charge in [-0.3, -0.25) is 0 Å². The van der Waals surface area contributed by atoms with Gasteiger partial charge in [-0.2, -0.15) is 0 Å². The molecule has 1 fully saturated rings. The molecule has 2 aromatic rings. The van der Waals surface area contributed by atoms with Gasteiger partial charge in [0, 0.05) is 32.2 Å². The number of nitrogens with zero attached hydrogens (tertiary/aromatic N) is 2. The summed E-state index contributed by atoms with van der Waals surface area (Å²) in [5.74, 6) is 1.49. The van der Waals surface area contributed by atoms with Crippen molar-refractivity contribution in [1.82, 2.24) is 4.90 Å². The lowest BCUT2D eigenvalue weighted by molar-refractivity contribution is 0.208. The topological polar surface area (TPSA) is 54.0 Å². The SMILES string of the molecule is COc1ccc(NC(=O)N2CCN(c3ccccc3OC)CC2)c(Cl)c1. The molecule has 1 saturated heterocycles. The number of para-hydroxylation sites is 2. The minimum atomic E-state index is -0.156. The first kappa shape index (κ1) is 18.2. The average Bonchev–Trinajstić information content (AvgIpc) is 2.69. The number of methoxy groups -OCH3 is 2. The van der Waals surface area contributed by atoms with E-state index < -0.39 is 0 Å². The minimum absolute atomic E-state index is 0.156. The van der Waals surface area contributed by atoms with Crippen LogP contribution in [0.15, 0.2) is 42.5 Å². The Kier molecular flexibility index (Phi) is 5.73. The number of ether oxygens (including phenoxy) is 2. The summed E-state index contributed by atoms with van der Waals surface area (Å²) in [6.07, 6.45) is 0. The van der Waals surface area contributed by atoms with Crippen LogP contribution < -0.4 is 19.7 Å². The summed E-state index contributed by atoms with van der Waals surface area (Å²) in [7, 11) is 3.24. The number of rotatable bonds is 4. The Labute approximate surface area is 158 Å². The Morgan fingerprint density at radius 1 is 1.04 bits per heavy atom. The zero-order valence-corrected chi connectivity index (χ0v) is 15.6.